The van der Waals surface area contributed by atoms with Crippen molar-refractivity contribution in [3.63, 3.8) is 0 Å². The topological polar surface area (TPSA) is 79.8 Å². The fourth-order valence-corrected chi connectivity index (χ4v) is 2.82. The lowest BCUT2D eigenvalue weighted by molar-refractivity contribution is 0.102. The Morgan fingerprint density at radius 2 is 2.18 bits per heavy atom. The van der Waals surface area contributed by atoms with Gasteiger partial charge in [0, 0.05) is 23.2 Å². The average Bonchev–Trinajstić information content (AvgIpc) is 2.96. The van der Waals surface area contributed by atoms with Crippen LogP contribution in [0.25, 0.3) is 0 Å². The summed E-state index contributed by atoms with van der Waals surface area (Å²) in [5, 5.41) is 13.8. The molecule has 118 valence electrons. The molecule has 0 aromatic carbocycles. The van der Waals surface area contributed by atoms with Gasteiger partial charge in [-0.1, -0.05) is 32.1 Å². The lowest BCUT2D eigenvalue weighted by Crippen LogP contribution is -2.14. The molecule has 0 radical (unpaired) electrons. The quantitative estimate of drug-likeness (QED) is 0.788. The number of hydrogen-bond donors (Lipinski definition) is 2. The molecule has 1 amide bonds. The molecule has 0 saturated carbocycles. The number of carbonyl (C=O) groups excluding carboxylic acids is 1. The van der Waals surface area contributed by atoms with Gasteiger partial charge in [-0.15, -0.1) is 10.2 Å². The summed E-state index contributed by atoms with van der Waals surface area (Å²) < 4.78 is 0.266. The van der Waals surface area contributed by atoms with Crippen LogP contribution in [-0.4, -0.2) is 38.1 Å². The second-order valence-corrected chi connectivity index (χ2v) is 8.27. The van der Waals surface area contributed by atoms with Gasteiger partial charge in [-0.3, -0.25) is 10.1 Å². The molecule has 0 bridgehead atoms. The number of pyridine rings is 1. The molecule has 0 unspecified atom stereocenters. The standard InChI is InChI=1S/C14H19N5OS2/c1-14(2,3)22-7-6-15-11-5-4-10(8-16-11)12(20)18-13-19-17-9-21-13/h4-5,8-9H,6-7H2,1-3H3,(H,15,16)(H,18,19,20). The van der Waals surface area contributed by atoms with Gasteiger partial charge in [0.05, 0.1) is 5.56 Å². The molecule has 0 spiro atoms. The first kappa shape index (κ1) is 16.7. The van der Waals surface area contributed by atoms with Crippen molar-refractivity contribution in [2.75, 3.05) is 22.9 Å². The Morgan fingerprint density at radius 3 is 2.77 bits per heavy atom. The molecule has 0 aliphatic rings. The first-order valence-electron chi connectivity index (χ1n) is 6.85. The molecule has 0 saturated heterocycles. The maximum atomic E-state index is 12.0. The van der Waals surface area contributed by atoms with Gasteiger partial charge in [0.1, 0.15) is 11.3 Å². The number of aromatic nitrogens is 3. The van der Waals surface area contributed by atoms with E-state index >= 15 is 0 Å². The third-order valence-corrected chi connectivity index (χ3v) is 4.43. The molecule has 8 heteroatoms. The van der Waals surface area contributed by atoms with Gasteiger partial charge < -0.3 is 5.32 Å². The lowest BCUT2D eigenvalue weighted by atomic mass is 10.2. The normalized spacial score (nSPS) is 11.2. The zero-order valence-corrected chi connectivity index (χ0v) is 14.4. The highest BCUT2D eigenvalue weighted by Crippen LogP contribution is 2.22. The number of thioether (sulfide) groups is 1. The number of hydrogen-bond acceptors (Lipinski definition) is 7. The van der Waals surface area contributed by atoms with Crippen LogP contribution in [0.4, 0.5) is 10.9 Å². The van der Waals surface area contributed by atoms with Gasteiger partial charge in [-0.25, -0.2) is 4.98 Å². The van der Waals surface area contributed by atoms with E-state index in [0.717, 1.165) is 18.1 Å². The largest absolute Gasteiger partial charge is 0.369 e. The van der Waals surface area contributed by atoms with E-state index in [9.17, 15) is 4.79 Å². The third-order valence-electron chi connectivity index (χ3n) is 2.55. The van der Waals surface area contributed by atoms with Crippen LogP contribution < -0.4 is 10.6 Å². The van der Waals surface area contributed by atoms with E-state index in [2.05, 4.69) is 46.6 Å². The fraction of sp³-hybridized carbons (Fsp3) is 0.429. The highest BCUT2D eigenvalue weighted by Gasteiger charge is 2.10. The highest BCUT2D eigenvalue weighted by atomic mass is 32.2. The van der Waals surface area contributed by atoms with Crippen molar-refractivity contribution in [3.8, 4) is 0 Å². The van der Waals surface area contributed by atoms with E-state index < -0.39 is 0 Å². The van der Waals surface area contributed by atoms with Crippen LogP contribution in [0.1, 0.15) is 31.1 Å². The fourth-order valence-electron chi connectivity index (χ4n) is 1.57. The van der Waals surface area contributed by atoms with E-state index in [1.165, 1.54) is 11.3 Å². The molecule has 2 aromatic heterocycles. The van der Waals surface area contributed by atoms with Crippen molar-refractivity contribution in [1.82, 2.24) is 15.2 Å². The molecule has 0 atom stereocenters. The van der Waals surface area contributed by atoms with E-state index in [0.29, 0.717) is 10.7 Å². The van der Waals surface area contributed by atoms with Crippen molar-refractivity contribution < 1.29 is 4.79 Å². The van der Waals surface area contributed by atoms with Gasteiger partial charge in [-0.05, 0) is 12.1 Å². The Morgan fingerprint density at radius 1 is 1.36 bits per heavy atom. The number of anilines is 2. The molecule has 0 fully saturated rings. The van der Waals surface area contributed by atoms with E-state index in [-0.39, 0.29) is 10.7 Å². The Labute approximate surface area is 138 Å². The Bertz CT molecular complexity index is 593. The zero-order valence-electron chi connectivity index (χ0n) is 12.8. The van der Waals surface area contributed by atoms with E-state index in [1.807, 2.05) is 11.8 Å². The Hall–Kier alpha value is -1.67. The van der Waals surface area contributed by atoms with Crippen LogP contribution in [0.2, 0.25) is 0 Å². The number of rotatable bonds is 6. The smallest absolute Gasteiger partial charge is 0.259 e. The summed E-state index contributed by atoms with van der Waals surface area (Å²) in [7, 11) is 0. The molecular formula is C14H19N5OS2. The summed E-state index contributed by atoms with van der Waals surface area (Å²) in [4.78, 5) is 16.2. The average molecular weight is 337 g/mol. The van der Waals surface area contributed by atoms with Crippen molar-refractivity contribution >= 4 is 40.0 Å². The first-order chi connectivity index (χ1) is 10.4. The van der Waals surface area contributed by atoms with Crippen molar-refractivity contribution in [3.05, 3.63) is 29.4 Å². The van der Waals surface area contributed by atoms with Gasteiger partial charge in [0.15, 0.2) is 0 Å². The van der Waals surface area contributed by atoms with Crippen LogP contribution in [-0.2, 0) is 0 Å². The highest BCUT2D eigenvalue weighted by molar-refractivity contribution is 8.00. The summed E-state index contributed by atoms with van der Waals surface area (Å²) in [5.74, 6) is 1.53. The molecule has 2 heterocycles. The van der Waals surface area contributed by atoms with Gasteiger partial charge in [0.25, 0.3) is 5.91 Å². The predicted octanol–water partition coefficient (Wildman–Crippen LogP) is 3.13. The summed E-state index contributed by atoms with van der Waals surface area (Å²) in [5.41, 5.74) is 2.06. The van der Waals surface area contributed by atoms with Crippen LogP contribution in [0, 0.1) is 0 Å². The molecule has 0 aliphatic heterocycles. The second-order valence-electron chi connectivity index (χ2n) is 5.52. The molecular weight excluding hydrogens is 318 g/mol. The first-order valence-corrected chi connectivity index (χ1v) is 8.72. The van der Waals surface area contributed by atoms with Crippen LogP contribution in [0.5, 0.6) is 0 Å². The van der Waals surface area contributed by atoms with Gasteiger partial charge in [-0.2, -0.15) is 11.8 Å². The minimum Gasteiger partial charge on any atom is -0.369 e. The Kier molecular flexibility index (Phi) is 5.73. The van der Waals surface area contributed by atoms with Crippen molar-refractivity contribution in [2.45, 2.75) is 25.5 Å². The number of nitrogens with zero attached hydrogens (tertiary/aromatic N) is 3. The third kappa shape index (κ3) is 5.61. The van der Waals surface area contributed by atoms with Crippen molar-refractivity contribution in [1.29, 1.82) is 0 Å². The zero-order chi connectivity index (χ0) is 16.0. The number of nitrogens with one attached hydrogen (secondary N) is 2. The van der Waals surface area contributed by atoms with E-state index in [1.54, 1.807) is 23.8 Å². The molecule has 2 rings (SSSR count). The summed E-state index contributed by atoms with van der Waals surface area (Å²) in [6, 6.07) is 3.54. The van der Waals surface area contributed by atoms with Gasteiger partial charge in [0.2, 0.25) is 5.13 Å². The van der Waals surface area contributed by atoms with E-state index in [4.69, 9.17) is 0 Å². The maximum Gasteiger partial charge on any atom is 0.259 e. The van der Waals surface area contributed by atoms with Crippen LogP contribution >= 0.6 is 23.1 Å². The summed E-state index contributed by atoms with van der Waals surface area (Å²) >= 11 is 3.17. The minimum atomic E-state index is -0.237. The SMILES string of the molecule is CC(C)(C)SCCNc1ccc(C(=O)Nc2nncs2)cn1. The number of carbonyl (C=O) groups is 1. The Balaban J connectivity index is 1.81. The predicted molar refractivity (Wildman–Crippen MR) is 92.8 cm³/mol. The molecule has 22 heavy (non-hydrogen) atoms. The van der Waals surface area contributed by atoms with Crippen LogP contribution in [0.3, 0.4) is 0 Å². The molecule has 6 nitrogen and oxygen atoms in total. The second kappa shape index (κ2) is 7.55. The lowest BCUT2D eigenvalue weighted by Gasteiger charge is -2.17. The molecule has 2 N–H and O–H groups in total. The summed E-state index contributed by atoms with van der Waals surface area (Å²) in [6.45, 7) is 7.43. The minimum absolute atomic E-state index is 0.237. The number of amides is 1. The summed E-state index contributed by atoms with van der Waals surface area (Å²) in [6.07, 6.45) is 1.55. The molecule has 2 aromatic rings. The maximum absolute atomic E-state index is 12.0. The van der Waals surface area contributed by atoms with Gasteiger partial charge >= 0.3 is 0 Å². The monoisotopic (exact) mass is 337 g/mol. The van der Waals surface area contributed by atoms with Crippen LogP contribution in [0.15, 0.2) is 23.8 Å². The molecule has 0 aliphatic carbocycles. The van der Waals surface area contributed by atoms with Crippen molar-refractivity contribution in [2.24, 2.45) is 0 Å².